The van der Waals surface area contributed by atoms with Gasteiger partial charge in [0.25, 0.3) is 5.69 Å². The van der Waals surface area contributed by atoms with Gasteiger partial charge in [0.15, 0.2) is 0 Å². The average molecular weight is 291 g/mol. The van der Waals surface area contributed by atoms with Crippen LogP contribution >= 0.6 is 0 Å². The second-order valence-electron chi connectivity index (χ2n) is 5.66. The predicted octanol–water partition coefficient (Wildman–Crippen LogP) is 2.54. The van der Waals surface area contributed by atoms with Crippen LogP contribution in [0, 0.1) is 29.9 Å². The lowest BCUT2D eigenvalue weighted by Gasteiger charge is -2.22. The van der Waals surface area contributed by atoms with Gasteiger partial charge in [-0.3, -0.25) is 14.9 Å². The van der Waals surface area contributed by atoms with Crippen LogP contribution in [0.2, 0.25) is 0 Å². The van der Waals surface area contributed by atoms with Crippen molar-refractivity contribution in [3.8, 4) is 0 Å². The summed E-state index contributed by atoms with van der Waals surface area (Å²) in [6.07, 6.45) is 2.55. The van der Waals surface area contributed by atoms with E-state index in [0.717, 1.165) is 25.9 Å². The molecule has 0 aliphatic carbocycles. The van der Waals surface area contributed by atoms with E-state index in [-0.39, 0.29) is 11.6 Å². The van der Waals surface area contributed by atoms with E-state index in [2.05, 4.69) is 10.6 Å². The minimum absolute atomic E-state index is 0.0155. The lowest BCUT2D eigenvalue weighted by atomic mass is 9.94. The molecule has 1 heterocycles. The summed E-state index contributed by atoms with van der Waals surface area (Å²) in [5.41, 5.74) is 2.02. The van der Waals surface area contributed by atoms with Gasteiger partial charge in [0.2, 0.25) is 5.91 Å². The van der Waals surface area contributed by atoms with Crippen molar-refractivity contribution >= 4 is 17.3 Å². The molecule has 2 rings (SSSR count). The van der Waals surface area contributed by atoms with Gasteiger partial charge in [-0.25, -0.2) is 0 Å². The van der Waals surface area contributed by atoms with Crippen LogP contribution in [-0.4, -0.2) is 23.9 Å². The molecule has 21 heavy (non-hydrogen) atoms. The van der Waals surface area contributed by atoms with Gasteiger partial charge in [-0.15, -0.1) is 0 Å². The fourth-order valence-electron chi connectivity index (χ4n) is 2.68. The van der Waals surface area contributed by atoms with Crippen molar-refractivity contribution in [3.63, 3.8) is 0 Å². The van der Waals surface area contributed by atoms with Crippen molar-refractivity contribution in [2.24, 2.45) is 5.92 Å². The lowest BCUT2D eigenvalue weighted by Crippen LogP contribution is -2.30. The van der Waals surface area contributed by atoms with Crippen molar-refractivity contribution in [1.29, 1.82) is 0 Å². The Kier molecular flexibility index (Phi) is 4.90. The number of hydrogen-bond acceptors (Lipinski definition) is 4. The predicted molar refractivity (Wildman–Crippen MR) is 81.4 cm³/mol. The first-order valence-corrected chi connectivity index (χ1v) is 7.23. The fourth-order valence-corrected chi connectivity index (χ4v) is 2.68. The van der Waals surface area contributed by atoms with Crippen molar-refractivity contribution in [2.75, 3.05) is 18.4 Å². The van der Waals surface area contributed by atoms with Gasteiger partial charge in [-0.1, -0.05) is 0 Å². The Morgan fingerprint density at radius 3 is 2.62 bits per heavy atom. The number of aryl methyl sites for hydroxylation is 2. The number of benzene rings is 1. The van der Waals surface area contributed by atoms with E-state index in [4.69, 9.17) is 0 Å². The standard InChI is InChI=1S/C15H21N3O3/c1-10-8-14(18(20)21)11(2)7-13(10)17-15(19)9-12-3-5-16-6-4-12/h7-8,12,16H,3-6,9H2,1-2H3,(H,17,19). The van der Waals surface area contributed by atoms with E-state index in [0.29, 0.717) is 29.2 Å². The first-order valence-electron chi connectivity index (χ1n) is 7.23. The van der Waals surface area contributed by atoms with Crippen LogP contribution in [0.5, 0.6) is 0 Å². The minimum Gasteiger partial charge on any atom is -0.326 e. The van der Waals surface area contributed by atoms with Crippen molar-refractivity contribution < 1.29 is 9.72 Å². The normalized spacial score (nSPS) is 15.7. The van der Waals surface area contributed by atoms with E-state index >= 15 is 0 Å². The zero-order valence-electron chi connectivity index (χ0n) is 12.4. The topological polar surface area (TPSA) is 84.3 Å². The summed E-state index contributed by atoms with van der Waals surface area (Å²) in [5, 5.41) is 17.0. The maximum absolute atomic E-state index is 12.1. The molecule has 0 spiro atoms. The molecule has 2 N–H and O–H groups in total. The molecule has 0 unspecified atom stereocenters. The van der Waals surface area contributed by atoms with Crippen LogP contribution in [0.3, 0.4) is 0 Å². The molecule has 1 aromatic carbocycles. The maximum Gasteiger partial charge on any atom is 0.272 e. The SMILES string of the molecule is Cc1cc([N+](=O)[O-])c(C)cc1NC(=O)CC1CCNCC1. The number of nitro benzene ring substituents is 1. The molecule has 0 bridgehead atoms. The number of nitrogens with zero attached hydrogens (tertiary/aromatic N) is 1. The van der Waals surface area contributed by atoms with Crippen LogP contribution in [0.1, 0.15) is 30.4 Å². The van der Waals surface area contributed by atoms with Crippen LogP contribution in [-0.2, 0) is 4.79 Å². The second-order valence-corrected chi connectivity index (χ2v) is 5.66. The molecule has 0 atom stereocenters. The molecule has 6 nitrogen and oxygen atoms in total. The Labute approximate surface area is 124 Å². The molecule has 1 amide bonds. The van der Waals surface area contributed by atoms with Gasteiger partial charge in [0.05, 0.1) is 4.92 Å². The highest BCUT2D eigenvalue weighted by Crippen LogP contribution is 2.26. The summed E-state index contributed by atoms with van der Waals surface area (Å²) >= 11 is 0. The van der Waals surface area contributed by atoms with Gasteiger partial charge in [-0.05, 0) is 57.3 Å². The van der Waals surface area contributed by atoms with Gasteiger partial charge in [-0.2, -0.15) is 0 Å². The first-order chi connectivity index (χ1) is 9.97. The van der Waals surface area contributed by atoms with Crippen LogP contribution in [0.25, 0.3) is 0 Å². The highest BCUT2D eigenvalue weighted by atomic mass is 16.6. The molecular weight excluding hydrogens is 270 g/mol. The molecule has 1 fully saturated rings. The third kappa shape index (κ3) is 4.01. The summed E-state index contributed by atoms with van der Waals surface area (Å²) < 4.78 is 0. The number of nitrogens with one attached hydrogen (secondary N) is 2. The number of rotatable bonds is 4. The summed E-state index contributed by atoms with van der Waals surface area (Å²) in [6.45, 7) is 5.38. The number of nitro groups is 1. The molecule has 0 aromatic heterocycles. The number of anilines is 1. The molecule has 1 aromatic rings. The summed E-state index contributed by atoms with van der Waals surface area (Å²) in [5.74, 6) is 0.406. The number of carbonyl (C=O) groups is 1. The summed E-state index contributed by atoms with van der Waals surface area (Å²) in [6, 6.07) is 3.18. The lowest BCUT2D eigenvalue weighted by molar-refractivity contribution is -0.385. The summed E-state index contributed by atoms with van der Waals surface area (Å²) in [4.78, 5) is 22.6. The van der Waals surface area contributed by atoms with Crippen molar-refractivity contribution in [2.45, 2.75) is 33.1 Å². The van der Waals surface area contributed by atoms with Crippen molar-refractivity contribution in [1.82, 2.24) is 5.32 Å². The highest BCUT2D eigenvalue weighted by molar-refractivity contribution is 5.92. The number of carbonyl (C=O) groups excluding carboxylic acids is 1. The Balaban J connectivity index is 2.03. The largest absolute Gasteiger partial charge is 0.326 e. The Bertz CT molecular complexity index is 551. The number of piperidine rings is 1. The van der Waals surface area contributed by atoms with Gasteiger partial charge in [0, 0.05) is 23.7 Å². The second kappa shape index (κ2) is 6.67. The number of hydrogen-bond donors (Lipinski definition) is 2. The van der Waals surface area contributed by atoms with E-state index in [1.807, 2.05) is 0 Å². The monoisotopic (exact) mass is 291 g/mol. The van der Waals surface area contributed by atoms with E-state index in [1.165, 1.54) is 6.07 Å². The molecule has 1 aliphatic rings. The Hall–Kier alpha value is -1.95. The molecule has 6 heteroatoms. The van der Waals surface area contributed by atoms with E-state index < -0.39 is 4.92 Å². The molecule has 1 aliphatic heterocycles. The van der Waals surface area contributed by atoms with Crippen LogP contribution in [0.4, 0.5) is 11.4 Å². The Morgan fingerprint density at radius 1 is 1.33 bits per heavy atom. The highest BCUT2D eigenvalue weighted by Gasteiger charge is 2.18. The molecule has 114 valence electrons. The number of amides is 1. The third-order valence-corrected chi connectivity index (χ3v) is 3.95. The van der Waals surface area contributed by atoms with E-state index in [1.54, 1.807) is 19.9 Å². The Morgan fingerprint density at radius 2 is 2.00 bits per heavy atom. The molecule has 0 radical (unpaired) electrons. The third-order valence-electron chi connectivity index (χ3n) is 3.95. The van der Waals surface area contributed by atoms with Gasteiger partial charge < -0.3 is 10.6 Å². The first kappa shape index (κ1) is 15.4. The van der Waals surface area contributed by atoms with Gasteiger partial charge in [0.1, 0.15) is 0 Å². The summed E-state index contributed by atoms with van der Waals surface area (Å²) in [7, 11) is 0. The zero-order valence-corrected chi connectivity index (χ0v) is 12.4. The van der Waals surface area contributed by atoms with Crippen LogP contribution < -0.4 is 10.6 Å². The van der Waals surface area contributed by atoms with E-state index in [9.17, 15) is 14.9 Å². The van der Waals surface area contributed by atoms with Gasteiger partial charge >= 0.3 is 0 Å². The quantitative estimate of drug-likeness (QED) is 0.659. The maximum atomic E-state index is 12.1. The molecule has 1 saturated heterocycles. The van der Waals surface area contributed by atoms with Crippen LogP contribution in [0.15, 0.2) is 12.1 Å². The minimum atomic E-state index is -0.400. The fraction of sp³-hybridized carbons (Fsp3) is 0.533. The van der Waals surface area contributed by atoms with Crippen molar-refractivity contribution in [3.05, 3.63) is 33.4 Å². The molecular formula is C15H21N3O3. The molecule has 0 saturated carbocycles. The average Bonchev–Trinajstić information content (AvgIpc) is 2.43. The zero-order chi connectivity index (χ0) is 15.4. The smallest absolute Gasteiger partial charge is 0.272 e.